The molecule has 0 heterocycles. The molecule has 0 aliphatic heterocycles. The Kier molecular flexibility index (Phi) is 12.1. The van der Waals surface area contributed by atoms with E-state index in [1.165, 1.54) is 0 Å². The van der Waals surface area contributed by atoms with E-state index >= 15 is 0 Å². The molecule has 0 aliphatic carbocycles. The zero-order valence-electron chi connectivity index (χ0n) is 7.63. The van der Waals surface area contributed by atoms with Crippen molar-refractivity contribution in [2.75, 3.05) is 0 Å². The summed E-state index contributed by atoms with van der Waals surface area (Å²) in [5.41, 5.74) is 0. The minimum atomic E-state index is -4.72. The molecule has 10 heteroatoms. The zero-order chi connectivity index (χ0) is 6.78. The van der Waals surface area contributed by atoms with Crippen molar-refractivity contribution in [3.63, 3.8) is 0 Å². The van der Waals surface area contributed by atoms with Crippen LogP contribution in [0.15, 0.2) is 0 Å². The van der Waals surface area contributed by atoms with Gasteiger partial charge in [-0.3, -0.25) is 4.44 Å². The Morgan fingerprint density at radius 2 is 1.60 bits per heavy atom. The first kappa shape index (κ1) is 17.4. The third-order valence-corrected chi connectivity index (χ3v) is 0.695. The maximum absolute atomic E-state index is 9.59. The van der Waals surface area contributed by atoms with Gasteiger partial charge in [0.15, 0.2) is 0 Å². The van der Waals surface area contributed by atoms with Crippen LogP contribution in [-0.4, -0.2) is 27.2 Å². The second-order valence-corrected chi connectivity index (χ2v) is 2.11. The predicted octanol–water partition coefficient (Wildman–Crippen LogP) is -7.70. The van der Waals surface area contributed by atoms with E-state index in [0.29, 0.717) is 0 Å². The fraction of sp³-hybridized carbons (Fsp3) is 0. The molecule has 0 aromatic heterocycles. The SMILES string of the molecule is O=P(O)(O)OB(O)O.[H-].[H-].[Li+].[Li+]. The van der Waals surface area contributed by atoms with Crippen LogP contribution < -0.4 is 37.7 Å². The van der Waals surface area contributed by atoms with Crippen LogP contribution in [0.25, 0.3) is 0 Å². The molecule has 52 valence electrons. The van der Waals surface area contributed by atoms with Crippen LogP contribution in [0.2, 0.25) is 0 Å². The largest absolute Gasteiger partial charge is 1.00 e. The van der Waals surface area contributed by atoms with Crippen LogP contribution in [0.1, 0.15) is 2.85 Å². The van der Waals surface area contributed by atoms with E-state index in [4.69, 9.17) is 19.8 Å². The molecule has 0 aromatic carbocycles. The maximum atomic E-state index is 9.59. The average Bonchev–Trinajstić information content (AvgIpc) is 1.21. The molecule has 0 rings (SSSR count). The summed E-state index contributed by atoms with van der Waals surface area (Å²) in [7, 11) is -7.14. The fourth-order valence-corrected chi connectivity index (χ4v) is 0.368. The second kappa shape index (κ2) is 6.97. The quantitative estimate of drug-likeness (QED) is 0.234. The minimum absolute atomic E-state index is 0. The van der Waals surface area contributed by atoms with E-state index < -0.39 is 15.1 Å². The topological polar surface area (TPSA) is 107 Å². The molecule has 0 aliphatic rings. The summed E-state index contributed by atoms with van der Waals surface area (Å²) in [5, 5.41) is 15.5. The molecule has 10 heavy (non-hydrogen) atoms. The number of hydrogen-bond donors (Lipinski definition) is 4. The van der Waals surface area contributed by atoms with Gasteiger partial charge in [-0.2, -0.15) is 0 Å². The van der Waals surface area contributed by atoms with E-state index in [1.807, 2.05) is 0 Å². The standard InChI is InChI=1S/BH4O6P.2Li.2H/c2-1(3)7-8(4,5)6;;;;/h2-3H,(H2,4,5,6);;;;/q;2*+1;2*-1. The van der Waals surface area contributed by atoms with Crippen molar-refractivity contribution in [1.82, 2.24) is 0 Å². The summed E-state index contributed by atoms with van der Waals surface area (Å²) in [5.74, 6) is 0. The number of rotatable bonds is 2. The van der Waals surface area contributed by atoms with Crippen LogP contribution in [0.5, 0.6) is 0 Å². The summed E-state index contributed by atoms with van der Waals surface area (Å²) >= 11 is 0. The average molecular weight is 158 g/mol. The van der Waals surface area contributed by atoms with E-state index in [2.05, 4.69) is 4.44 Å². The van der Waals surface area contributed by atoms with Gasteiger partial charge in [0.1, 0.15) is 0 Å². The first-order valence-electron chi connectivity index (χ1n) is 1.52. The van der Waals surface area contributed by atoms with Gasteiger partial charge in [-0.1, -0.05) is 0 Å². The van der Waals surface area contributed by atoms with Crippen LogP contribution >= 0.6 is 7.82 Å². The van der Waals surface area contributed by atoms with Crippen molar-refractivity contribution in [1.29, 1.82) is 0 Å². The van der Waals surface area contributed by atoms with E-state index in [-0.39, 0.29) is 40.6 Å². The summed E-state index contributed by atoms with van der Waals surface area (Å²) < 4.78 is 12.8. The summed E-state index contributed by atoms with van der Waals surface area (Å²) in [6.45, 7) is 0. The van der Waals surface area contributed by atoms with Gasteiger partial charge in [-0.25, -0.2) is 4.57 Å². The molecular weight excluding hydrogens is 152 g/mol. The summed E-state index contributed by atoms with van der Waals surface area (Å²) in [4.78, 5) is 15.5. The van der Waals surface area contributed by atoms with Gasteiger partial charge >= 0.3 is 52.9 Å². The molecule has 0 aromatic rings. The van der Waals surface area contributed by atoms with Gasteiger partial charge in [0, 0.05) is 0 Å². The predicted molar refractivity (Wildman–Crippen MR) is 25.5 cm³/mol. The molecule has 0 fully saturated rings. The molecule has 0 amide bonds. The molecule has 0 radical (unpaired) electrons. The van der Waals surface area contributed by atoms with Crippen molar-refractivity contribution in [3.05, 3.63) is 0 Å². The van der Waals surface area contributed by atoms with Gasteiger partial charge < -0.3 is 22.7 Å². The molecule has 0 unspecified atom stereocenters. The molecule has 0 saturated heterocycles. The van der Waals surface area contributed by atoms with Gasteiger partial charge in [0.2, 0.25) is 0 Å². The Balaban J connectivity index is -0.0000000408. The molecule has 0 saturated carbocycles. The third-order valence-electron chi connectivity index (χ3n) is 0.232. The van der Waals surface area contributed by atoms with Gasteiger partial charge in [-0.15, -0.1) is 0 Å². The van der Waals surface area contributed by atoms with Gasteiger partial charge in [0.25, 0.3) is 0 Å². The Labute approximate surface area is 84.7 Å². The van der Waals surface area contributed by atoms with Crippen LogP contribution in [0.3, 0.4) is 0 Å². The van der Waals surface area contributed by atoms with Crippen LogP contribution in [0.4, 0.5) is 0 Å². The third kappa shape index (κ3) is 16.1. The van der Waals surface area contributed by atoms with E-state index in [0.717, 1.165) is 0 Å². The van der Waals surface area contributed by atoms with Crippen LogP contribution in [-0.2, 0) is 9.01 Å². The Hall–Kier alpha value is 1.29. The maximum Gasteiger partial charge on any atom is 1.00 e. The van der Waals surface area contributed by atoms with Gasteiger partial charge in [0.05, 0.1) is 0 Å². The second-order valence-electron chi connectivity index (χ2n) is 0.922. The first-order valence-corrected chi connectivity index (χ1v) is 3.05. The minimum Gasteiger partial charge on any atom is -1.00 e. The smallest absolute Gasteiger partial charge is 1.00 e. The van der Waals surface area contributed by atoms with Crippen molar-refractivity contribution in [2.24, 2.45) is 0 Å². The fourth-order valence-electron chi connectivity index (χ4n) is 0.123. The zero-order valence-corrected chi connectivity index (χ0v) is 6.52. The summed E-state index contributed by atoms with van der Waals surface area (Å²) in [6.07, 6.45) is 0. The van der Waals surface area contributed by atoms with Crippen LogP contribution in [0, 0.1) is 0 Å². The number of hydrogen-bond acceptors (Lipinski definition) is 4. The molecule has 0 bridgehead atoms. The van der Waals surface area contributed by atoms with Crippen molar-refractivity contribution < 1.29 is 69.4 Å². The number of phosphoric acid groups is 1. The molecule has 4 N–H and O–H groups in total. The Morgan fingerprint density at radius 3 is 1.60 bits per heavy atom. The molecular formula is H6BLi2O6P. The van der Waals surface area contributed by atoms with Crippen molar-refractivity contribution in [2.45, 2.75) is 0 Å². The first-order chi connectivity index (χ1) is 3.42. The normalized spacial score (nSPS) is 9.20. The Morgan fingerprint density at radius 1 is 1.30 bits per heavy atom. The van der Waals surface area contributed by atoms with Crippen molar-refractivity contribution in [3.8, 4) is 0 Å². The molecule has 0 atom stereocenters. The molecule has 6 nitrogen and oxygen atoms in total. The molecule has 0 spiro atoms. The Bertz CT molecular complexity index is 116. The van der Waals surface area contributed by atoms with E-state index in [1.54, 1.807) is 0 Å². The summed E-state index contributed by atoms with van der Waals surface area (Å²) in [6, 6.07) is 0. The van der Waals surface area contributed by atoms with E-state index in [9.17, 15) is 4.57 Å². The van der Waals surface area contributed by atoms with Crippen molar-refractivity contribution >= 4 is 15.1 Å². The van der Waals surface area contributed by atoms with Gasteiger partial charge in [-0.05, 0) is 0 Å². The monoisotopic (exact) mass is 158 g/mol.